The third-order valence-corrected chi connectivity index (χ3v) is 5.72. The van der Waals surface area contributed by atoms with Gasteiger partial charge in [0.25, 0.3) is 5.69 Å². The number of nitrogens with zero attached hydrogens (tertiary/aromatic N) is 2. The molecule has 0 unspecified atom stereocenters. The van der Waals surface area contributed by atoms with Crippen molar-refractivity contribution in [3.05, 3.63) is 62.9 Å². The zero-order valence-electron chi connectivity index (χ0n) is 15.8. The molecule has 0 aliphatic heterocycles. The topological polar surface area (TPSA) is 110 Å². The van der Waals surface area contributed by atoms with Crippen molar-refractivity contribution in [2.24, 2.45) is 0 Å². The van der Waals surface area contributed by atoms with Crippen LogP contribution in [0.4, 0.5) is 21.5 Å². The zero-order valence-corrected chi connectivity index (χ0v) is 17.4. The van der Waals surface area contributed by atoms with E-state index in [1.807, 2.05) is 0 Å². The minimum Gasteiger partial charge on any atom is -0.324 e. The molecule has 0 saturated heterocycles. The number of anilines is 2. The van der Waals surface area contributed by atoms with Crippen LogP contribution in [0.3, 0.4) is 0 Å². The van der Waals surface area contributed by atoms with Crippen LogP contribution in [0.25, 0.3) is 0 Å². The summed E-state index contributed by atoms with van der Waals surface area (Å²) in [6, 6.07) is 6.33. The van der Waals surface area contributed by atoms with Crippen LogP contribution in [-0.4, -0.2) is 31.5 Å². The summed E-state index contributed by atoms with van der Waals surface area (Å²) in [6.45, 7) is 3.08. The second-order valence-corrected chi connectivity index (χ2v) is 8.54. The maximum atomic E-state index is 13.5. The molecule has 0 fully saturated rings. The fourth-order valence-corrected chi connectivity index (χ4v) is 4.23. The molecule has 1 N–H and O–H groups in total. The van der Waals surface area contributed by atoms with E-state index in [-0.39, 0.29) is 34.1 Å². The molecule has 0 radical (unpaired) electrons. The van der Waals surface area contributed by atoms with Gasteiger partial charge in [0, 0.05) is 6.07 Å². The van der Waals surface area contributed by atoms with Crippen LogP contribution in [0.5, 0.6) is 0 Å². The third-order valence-electron chi connectivity index (χ3n) is 4.25. The molecule has 29 heavy (non-hydrogen) atoms. The predicted octanol–water partition coefficient (Wildman–Crippen LogP) is 3.88. The van der Waals surface area contributed by atoms with Gasteiger partial charge < -0.3 is 5.32 Å². The number of nitrogens with one attached hydrogen (secondary N) is 1. The number of nitro benzene ring substituents is 1. The second-order valence-electron chi connectivity index (χ2n) is 6.28. The van der Waals surface area contributed by atoms with E-state index >= 15 is 0 Å². The minimum atomic E-state index is -3.94. The fraction of sp³-hybridized carbons (Fsp3) is 0.278. The Morgan fingerprint density at radius 1 is 1.34 bits per heavy atom. The van der Waals surface area contributed by atoms with Crippen LogP contribution in [0.15, 0.2) is 36.4 Å². The summed E-state index contributed by atoms with van der Waals surface area (Å²) in [4.78, 5) is 23.4. The van der Waals surface area contributed by atoms with Gasteiger partial charge in [-0.25, -0.2) is 12.8 Å². The van der Waals surface area contributed by atoms with Crippen molar-refractivity contribution in [3.8, 4) is 0 Å². The van der Waals surface area contributed by atoms with E-state index in [0.29, 0.717) is 0 Å². The molecule has 0 heterocycles. The van der Waals surface area contributed by atoms with Gasteiger partial charge in [-0.3, -0.25) is 19.2 Å². The zero-order chi connectivity index (χ0) is 21.9. The first kappa shape index (κ1) is 22.6. The number of rotatable bonds is 7. The number of hydrogen-bond donors (Lipinski definition) is 1. The summed E-state index contributed by atoms with van der Waals surface area (Å²) in [6.07, 6.45) is 1.00. The van der Waals surface area contributed by atoms with Gasteiger partial charge in [0.2, 0.25) is 15.9 Å². The maximum absolute atomic E-state index is 13.5. The van der Waals surface area contributed by atoms with Gasteiger partial charge in [-0.15, -0.1) is 0 Å². The molecule has 0 saturated carbocycles. The van der Waals surface area contributed by atoms with E-state index in [2.05, 4.69) is 5.32 Å². The number of hydrogen-bond acceptors (Lipinski definition) is 5. The first-order valence-corrected chi connectivity index (χ1v) is 10.7. The largest absolute Gasteiger partial charge is 0.324 e. The number of carbonyl (C=O) groups is 1. The summed E-state index contributed by atoms with van der Waals surface area (Å²) in [5.41, 5.74) is 0.266. The summed E-state index contributed by atoms with van der Waals surface area (Å²) in [5, 5.41) is 13.4. The lowest BCUT2D eigenvalue weighted by atomic mass is 10.1. The van der Waals surface area contributed by atoms with Crippen molar-refractivity contribution in [1.82, 2.24) is 0 Å². The number of benzene rings is 2. The lowest BCUT2D eigenvalue weighted by Crippen LogP contribution is -2.47. The highest BCUT2D eigenvalue weighted by Gasteiger charge is 2.32. The van der Waals surface area contributed by atoms with E-state index < -0.39 is 32.7 Å². The van der Waals surface area contributed by atoms with Crippen LogP contribution in [-0.2, 0) is 14.8 Å². The summed E-state index contributed by atoms with van der Waals surface area (Å²) >= 11 is 5.77. The first-order valence-electron chi connectivity index (χ1n) is 8.46. The highest BCUT2D eigenvalue weighted by Crippen LogP contribution is 2.29. The number of carbonyl (C=O) groups excluding carboxylic acids is 1. The molecule has 0 aromatic heterocycles. The quantitative estimate of drug-likeness (QED) is 0.515. The molecule has 2 aromatic carbocycles. The Morgan fingerprint density at radius 2 is 2.00 bits per heavy atom. The lowest BCUT2D eigenvalue weighted by molar-refractivity contribution is -0.385. The normalized spacial score (nSPS) is 12.3. The average molecular weight is 444 g/mol. The van der Waals surface area contributed by atoms with Crippen molar-refractivity contribution in [3.63, 3.8) is 0 Å². The predicted molar refractivity (Wildman–Crippen MR) is 109 cm³/mol. The molecule has 1 amide bonds. The van der Waals surface area contributed by atoms with Gasteiger partial charge in [0.15, 0.2) is 0 Å². The van der Waals surface area contributed by atoms with Crippen molar-refractivity contribution in [2.75, 3.05) is 15.9 Å². The second kappa shape index (κ2) is 8.75. The monoisotopic (exact) mass is 443 g/mol. The van der Waals surface area contributed by atoms with Crippen LogP contribution in [0.2, 0.25) is 5.02 Å². The summed E-state index contributed by atoms with van der Waals surface area (Å²) in [7, 11) is -3.94. The number of sulfonamides is 1. The molecule has 8 nitrogen and oxygen atoms in total. The highest BCUT2D eigenvalue weighted by atomic mass is 35.5. The van der Waals surface area contributed by atoms with Crippen molar-refractivity contribution in [1.29, 1.82) is 0 Å². The van der Waals surface area contributed by atoms with Crippen LogP contribution in [0, 0.1) is 22.9 Å². The Kier molecular flexibility index (Phi) is 6.81. The van der Waals surface area contributed by atoms with Crippen LogP contribution in [0.1, 0.15) is 18.9 Å². The van der Waals surface area contributed by atoms with Gasteiger partial charge in [-0.1, -0.05) is 24.6 Å². The number of nitro groups is 1. The molecular formula is C18H19ClFN3O5S. The van der Waals surface area contributed by atoms with Crippen molar-refractivity contribution >= 4 is 44.6 Å². The van der Waals surface area contributed by atoms with Gasteiger partial charge in [-0.2, -0.15) is 0 Å². The SMILES string of the molecule is CC[C@@H](C(=O)Nc1cccc([N+](=O)[O-])c1C)N(c1ccc(F)c(Cl)c1)S(C)(=O)=O. The molecule has 156 valence electrons. The van der Waals surface area contributed by atoms with Gasteiger partial charge in [-0.05, 0) is 37.6 Å². The molecular weight excluding hydrogens is 425 g/mol. The average Bonchev–Trinajstić information content (AvgIpc) is 2.62. The Bertz CT molecular complexity index is 1060. The Morgan fingerprint density at radius 3 is 2.52 bits per heavy atom. The van der Waals surface area contributed by atoms with E-state index in [1.165, 1.54) is 31.2 Å². The van der Waals surface area contributed by atoms with E-state index in [0.717, 1.165) is 22.7 Å². The summed E-state index contributed by atoms with van der Waals surface area (Å²) in [5.74, 6) is -1.42. The molecule has 2 rings (SSSR count). The highest BCUT2D eigenvalue weighted by molar-refractivity contribution is 7.92. The van der Waals surface area contributed by atoms with Crippen molar-refractivity contribution < 1.29 is 22.5 Å². The minimum absolute atomic E-state index is 0.0247. The Labute approximate surface area is 172 Å². The molecule has 0 bridgehead atoms. The molecule has 2 aromatic rings. The van der Waals surface area contributed by atoms with Gasteiger partial charge in [0.1, 0.15) is 11.9 Å². The molecule has 0 aliphatic rings. The van der Waals surface area contributed by atoms with E-state index in [1.54, 1.807) is 6.92 Å². The smallest absolute Gasteiger partial charge is 0.274 e. The lowest BCUT2D eigenvalue weighted by Gasteiger charge is -2.30. The molecule has 11 heteroatoms. The van der Waals surface area contributed by atoms with Gasteiger partial charge in [0.05, 0.1) is 33.1 Å². The standard InChI is InChI=1S/C18H19ClFN3O5S/c1-4-16(18(24)21-15-6-5-7-17(11(15)2)23(25)26)22(29(3,27)28)12-8-9-14(20)13(19)10-12/h5-10,16H,4H2,1-3H3,(H,21,24)/t16-/m0/s1. The van der Waals surface area contributed by atoms with Gasteiger partial charge >= 0.3 is 0 Å². The molecule has 1 atom stereocenters. The number of amides is 1. The Hall–Kier alpha value is -2.72. The van der Waals surface area contributed by atoms with Crippen LogP contribution >= 0.6 is 11.6 Å². The van der Waals surface area contributed by atoms with E-state index in [4.69, 9.17) is 11.6 Å². The number of halogens is 2. The maximum Gasteiger partial charge on any atom is 0.274 e. The third kappa shape index (κ3) is 5.01. The fourth-order valence-electron chi connectivity index (χ4n) is 2.86. The molecule has 0 aliphatic carbocycles. The van der Waals surface area contributed by atoms with Crippen molar-refractivity contribution in [2.45, 2.75) is 26.3 Å². The first-order chi connectivity index (χ1) is 13.5. The van der Waals surface area contributed by atoms with Crippen LogP contribution < -0.4 is 9.62 Å². The Balaban J connectivity index is 2.45. The van der Waals surface area contributed by atoms with E-state index in [9.17, 15) is 27.7 Å². The summed E-state index contributed by atoms with van der Waals surface area (Å²) < 4.78 is 39.2. The molecule has 0 spiro atoms.